The Hall–Kier alpha value is -2.05. The molecule has 0 saturated carbocycles. The molecule has 31 heavy (non-hydrogen) atoms. The molecule has 1 aromatic carbocycles. The van der Waals surface area contributed by atoms with Gasteiger partial charge in [0.05, 0.1) is 27.5 Å². The lowest BCUT2D eigenvalue weighted by atomic mass is 10.1. The molecule has 1 atom stereocenters. The molecule has 0 bridgehead atoms. The standard InChI is InChI=1S/C19H18N2O6S4/c22-30(23,24)18-8-14(4-6-16(9-18)20-11-28)2-1-3-15-5-7-17(21-12-29-13-21)10-19(15)31(25,26)27/h1-2,4-10,18H,3,12-13H2,(H,22,23,24)(H,25,26,27)/b2-1+. The summed E-state index contributed by atoms with van der Waals surface area (Å²) in [5.41, 5.74) is 1.79. The van der Waals surface area contributed by atoms with E-state index in [1.165, 1.54) is 24.3 Å². The van der Waals surface area contributed by atoms with E-state index >= 15 is 0 Å². The molecule has 1 saturated heterocycles. The van der Waals surface area contributed by atoms with E-state index in [0.29, 0.717) is 16.8 Å². The Bertz CT molecular complexity index is 1250. The minimum absolute atomic E-state index is 0.171. The first-order valence-electron chi connectivity index (χ1n) is 8.83. The number of isothiocyanates is 1. The first-order valence-corrected chi connectivity index (χ1v) is 13.3. The highest BCUT2D eigenvalue weighted by Crippen LogP contribution is 2.30. The largest absolute Gasteiger partial charge is 0.353 e. The average molecular weight is 499 g/mol. The van der Waals surface area contributed by atoms with Gasteiger partial charge in [-0.3, -0.25) is 9.11 Å². The molecule has 0 radical (unpaired) electrons. The number of thioether (sulfide) groups is 1. The van der Waals surface area contributed by atoms with E-state index < -0.39 is 25.5 Å². The highest BCUT2D eigenvalue weighted by atomic mass is 32.2. The van der Waals surface area contributed by atoms with Crippen LogP contribution in [-0.2, 0) is 26.7 Å². The molecular formula is C19H18N2O6S4. The molecule has 164 valence electrons. The predicted octanol–water partition coefficient (Wildman–Crippen LogP) is 3.24. The molecule has 2 aliphatic rings. The molecule has 8 nitrogen and oxygen atoms in total. The minimum atomic E-state index is -4.42. The van der Waals surface area contributed by atoms with Gasteiger partial charge in [0.15, 0.2) is 0 Å². The van der Waals surface area contributed by atoms with E-state index in [2.05, 4.69) is 22.4 Å². The van der Waals surface area contributed by atoms with E-state index in [9.17, 15) is 25.9 Å². The fraction of sp³-hybridized carbons (Fsp3) is 0.211. The van der Waals surface area contributed by atoms with Crippen LogP contribution in [0.15, 0.2) is 75.8 Å². The molecule has 1 aliphatic heterocycles. The van der Waals surface area contributed by atoms with Crippen LogP contribution in [0.5, 0.6) is 0 Å². The summed E-state index contributed by atoms with van der Waals surface area (Å²) in [7, 11) is -8.84. The van der Waals surface area contributed by atoms with Crippen LogP contribution in [0.4, 0.5) is 5.69 Å². The third-order valence-electron chi connectivity index (χ3n) is 4.49. The van der Waals surface area contributed by atoms with Crippen molar-refractivity contribution in [2.45, 2.75) is 16.6 Å². The SMILES string of the molecule is O=S(=O)(O)c1cc(N2CSC2)ccc1C/C=C/C1=CC(S(=O)(=O)O)C=C(N=C=S)C=C1. The topological polar surface area (TPSA) is 124 Å². The molecule has 0 amide bonds. The van der Waals surface area contributed by atoms with Gasteiger partial charge >= 0.3 is 0 Å². The molecule has 1 unspecified atom stereocenters. The molecular weight excluding hydrogens is 480 g/mol. The van der Waals surface area contributed by atoms with Crippen LogP contribution in [0.3, 0.4) is 0 Å². The van der Waals surface area contributed by atoms with Gasteiger partial charge in [-0.2, -0.15) is 21.8 Å². The molecule has 3 rings (SSSR count). The molecule has 1 heterocycles. The summed E-state index contributed by atoms with van der Waals surface area (Å²) in [6.07, 6.45) is 9.04. The van der Waals surface area contributed by atoms with Crippen molar-refractivity contribution in [3.05, 3.63) is 71.5 Å². The summed E-state index contributed by atoms with van der Waals surface area (Å²) < 4.78 is 66.0. The van der Waals surface area contributed by atoms with Crippen LogP contribution < -0.4 is 4.90 Å². The van der Waals surface area contributed by atoms with Crippen molar-refractivity contribution in [1.29, 1.82) is 0 Å². The number of thiocarbonyl (C=S) groups is 1. The smallest absolute Gasteiger partial charge is 0.294 e. The fourth-order valence-electron chi connectivity index (χ4n) is 2.91. The monoisotopic (exact) mass is 498 g/mol. The number of hydrogen-bond donors (Lipinski definition) is 2. The summed E-state index contributed by atoms with van der Waals surface area (Å²) in [5.74, 6) is 1.51. The summed E-state index contributed by atoms with van der Waals surface area (Å²) in [4.78, 5) is 5.55. The van der Waals surface area contributed by atoms with Gasteiger partial charge in [0.1, 0.15) is 5.25 Å². The van der Waals surface area contributed by atoms with Crippen molar-refractivity contribution in [2.75, 3.05) is 16.7 Å². The molecule has 12 heteroatoms. The molecule has 0 spiro atoms. The van der Waals surface area contributed by atoms with Crippen LogP contribution >= 0.6 is 24.0 Å². The van der Waals surface area contributed by atoms with Crippen LogP contribution in [-0.4, -0.2) is 48.1 Å². The van der Waals surface area contributed by atoms with Crippen molar-refractivity contribution >= 4 is 55.1 Å². The fourth-order valence-corrected chi connectivity index (χ4v) is 5.07. The zero-order valence-electron chi connectivity index (χ0n) is 15.9. The molecule has 2 N–H and O–H groups in total. The maximum Gasteiger partial charge on any atom is 0.294 e. The normalized spacial score (nSPS) is 19.3. The average Bonchev–Trinajstić information content (AvgIpc) is 2.83. The lowest BCUT2D eigenvalue weighted by Crippen LogP contribution is -2.31. The van der Waals surface area contributed by atoms with Gasteiger partial charge in [-0.25, -0.2) is 0 Å². The minimum Gasteiger partial charge on any atom is -0.353 e. The zero-order valence-corrected chi connectivity index (χ0v) is 19.2. The molecule has 1 aliphatic carbocycles. The van der Waals surface area contributed by atoms with E-state index in [0.717, 1.165) is 11.8 Å². The van der Waals surface area contributed by atoms with Crippen molar-refractivity contribution in [2.24, 2.45) is 4.99 Å². The highest BCUT2D eigenvalue weighted by Gasteiger charge is 2.22. The number of nitrogens with zero attached hydrogens (tertiary/aromatic N) is 2. The van der Waals surface area contributed by atoms with Gasteiger partial charge in [-0.1, -0.05) is 30.4 Å². The van der Waals surface area contributed by atoms with Gasteiger partial charge in [0.2, 0.25) is 0 Å². The second kappa shape index (κ2) is 9.61. The van der Waals surface area contributed by atoms with Gasteiger partial charge in [0, 0.05) is 5.69 Å². The van der Waals surface area contributed by atoms with Crippen molar-refractivity contribution < 1.29 is 25.9 Å². The lowest BCUT2D eigenvalue weighted by Gasteiger charge is -2.32. The number of aliphatic imine (C=N–C) groups is 1. The molecule has 1 aromatic rings. The summed E-state index contributed by atoms with van der Waals surface area (Å²) in [6.45, 7) is 0. The zero-order chi connectivity index (χ0) is 22.6. The van der Waals surface area contributed by atoms with E-state index in [4.69, 9.17) is 0 Å². The Balaban J connectivity index is 1.86. The summed E-state index contributed by atoms with van der Waals surface area (Å²) in [6, 6.07) is 4.87. The predicted molar refractivity (Wildman–Crippen MR) is 125 cm³/mol. The number of hydrogen-bond acceptors (Lipinski definition) is 8. The van der Waals surface area contributed by atoms with Gasteiger partial charge in [-0.15, -0.1) is 11.8 Å². The second-order valence-corrected chi connectivity index (χ2v) is 10.7. The van der Waals surface area contributed by atoms with Crippen LogP contribution in [0.2, 0.25) is 0 Å². The Morgan fingerprint density at radius 1 is 1.19 bits per heavy atom. The van der Waals surface area contributed by atoms with Gasteiger partial charge in [0.25, 0.3) is 20.2 Å². The van der Waals surface area contributed by atoms with Gasteiger partial charge in [-0.05, 0) is 54.1 Å². The number of anilines is 1. The van der Waals surface area contributed by atoms with E-state index in [-0.39, 0.29) is 17.0 Å². The Kier molecular flexibility index (Phi) is 7.32. The Labute approximate surface area is 190 Å². The van der Waals surface area contributed by atoms with Crippen LogP contribution in [0.1, 0.15) is 5.56 Å². The first-order chi connectivity index (χ1) is 14.6. The van der Waals surface area contributed by atoms with Crippen molar-refractivity contribution in [3.8, 4) is 0 Å². The third kappa shape index (κ3) is 6.23. The first kappa shape index (κ1) is 23.6. The number of allylic oxidation sites excluding steroid dienone is 5. The van der Waals surface area contributed by atoms with Crippen LogP contribution in [0, 0.1) is 0 Å². The van der Waals surface area contributed by atoms with E-state index in [1.54, 1.807) is 42.1 Å². The van der Waals surface area contributed by atoms with E-state index in [1.807, 2.05) is 4.90 Å². The highest BCUT2D eigenvalue weighted by molar-refractivity contribution is 8.00. The maximum absolute atomic E-state index is 11.9. The summed E-state index contributed by atoms with van der Waals surface area (Å²) >= 11 is 6.24. The Morgan fingerprint density at radius 3 is 2.52 bits per heavy atom. The summed E-state index contributed by atoms with van der Waals surface area (Å²) in [5, 5.41) is 0.816. The lowest BCUT2D eigenvalue weighted by molar-refractivity contribution is 0.479. The van der Waals surface area contributed by atoms with Gasteiger partial charge < -0.3 is 4.90 Å². The maximum atomic E-state index is 11.9. The van der Waals surface area contributed by atoms with Crippen LogP contribution in [0.25, 0.3) is 0 Å². The third-order valence-corrected chi connectivity index (χ3v) is 7.47. The number of rotatable bonds is 7. The molecule has 1 fully saturated rings. The second-order valence-electron chi connectivity index (χ2n) is 6.65. The van der Waals surface area contributed by atoms with Crippen molar-refractivity contribution in [1.82, 2.24) is 0 Å². The quantitative estimate of drug-likeness (QED) is 0.331. The number of benzene rings is 1. The van der Waals surface area contributed by atoms with Crippen molar-refractivity contribution in [3.63, 3.8) is 0 Å². The Morgan fingerprint density at radius 2 is 1.94 bits per heavy atom. The molecule has 0 aromatic heterocycles.